The number of hydrogen-bond acceptors (Lipinski definition) is 5. The average molecular weight is 515 g/mol. The first-order valence-electron chi connectivity index (χ1n) is 10.6. The van der Waals surface area contributed by atoms with Gasteiger partial charge in [-0.3, -0.25) is 0 Å². The van der Waals surface area contributed by atoms with Gasteiger partial charge >= 0.3 is 0 Å². The topological polar surface area (TPSA) is 84.7 Å². The largest absolute Gasteiger partial charge is 0.494 e. The van der Waals surface area contributed by atoms with Crippen LogP contribution >= 0.6 is 15.9 Å². The molecule has 3 heterocycles. The first kappa shape index (κ1) is 20.6. The van der Waals surface area contributed by atoms with Crippen LogP contribution < -0.4 is 9.47 Å². The molecule has 0 saturated carbocycles. The van der Waals surface area contributed by atoms with Crippen molar-refractivity contribution < 1.29 is 14.6 Å². The van der Waals surface area contributed by atoms with E-state index in [0.29, 0.717) is 22.8 Å². The SMILES string of the molecule is Cn1ccnc1-c1ccc(N=C(c2ccc3c(c2)OCO3)c2c(O)[nH]c3cc(Br)ccc23)cc1. The Morgan fingerprint density at radius 3 is 2.68 bits per heavy atom. The van der Waals surface area contributed by atoms with Gasteiger partial charge in [-0.1, -0.05) is 22.0 Å². The number of benzene rings is 3. The second-order valence-corrected chi connectivity index (χ2v) is 8.89. The number of imidazole rings is 1. The number of halogens is 1. The number of H-pyrrole nitrogens is 1. The third kappa shape index (κ3) is 3.52. The third-order valence-corrected chi connectivity index (χ3v) is 6.30. The van der Waals surface area contributed by atoms with Crippen molar-refractivity contribution in [2.24, 2.45) is 12.0 Å². The summed E-state index contributed by atoms with van der Waals surface area (Å²) in [5, 5.41) is 11.8. The van der Waals surface area contributed by atoms with E-state index in [-0.39, 0.29) is 12.7 Å². The van der Waals surface area contributed by atoms with Crippen molar-refractivity contribution in [3.8, 4) is 28.8 Å². The first-order chi connectivity index (χ1) is 16.6. The molecule has 0 spiro atoms. The fourth-order valence-corrected chi connectivity index (χ4v) is 4.52. The van der Waals surface area contributed by atoms with Gasteiger partial charge in [-0.15, -0.1) is 0 Å². The molecular weight excluding hydrogens is 496 g/mol. The van der Waals surface area contributed by atoms with Crippen molar-refractivity contribution in [2.45, 2.75) is 0 Å². The smallest absolute Gasteiger partial charge is 0.231 e. The molecule has 5 aromatic rings. The summed E-state index contributed by atoms with van der Waals surface area (Å²) in [6, 6.07) is 19.4. The number of ether oxygens (including phenoxy) is 2. The Morgan fingerprint density at radius 2 is 1.88 bits per heavy atom. The average Bonchev–Trinajstić information content (AvgIpc) is 3.55. The molecule has 3 aromatic carbocycles. The molecule has 1 aliphatic heterocycles. The van der Waals surface area contributed by atoms with E-state index in [1.54, 1.807) is 6.20 Å². The van der Waals surface area contributed by atoms with Crippen molar-refractivity contribution >= 4 is 38.2 Å². The molecule has 0 fully saturated rings. The van der Waals surface area contributed by atoms with E-state index in [4.69, 9.17) is 14.5 Å². The van der Waals surface area contributed by atoms with Crippen molar-refractivity contribution in [3.63, 3.8) is 0 Å². The van der Waals surface area contributed by atoms with Crippen LogP contribution in [0, 0.1) is 0 Å². The number of aryl methyl sites for hydroxylation is 1. The van der Waals surface area contributed by atoms with E-state index in [9.17, 15) is 5.11 Å². The fraction of sp³-hybridized carbons (Fsp3) is 0.0769. The summed E-state index contributed by atoms with van der Waals surface area (Å²) in [5.41, 5.74) is 4.59. The Kier molecular flexibility index (Phi) is 4.88. The number of aromatic nitrogens is 3. The maximum absolute atomic E-state index is 10.9. The molecule has 0 saturated heterocycles. The molecule has 2 N–H and O–H groups in total. The molecule has 0 radical (unpaired) electrons. The van der Waals surface area contributed by atoms with Crippen molar-refractivity contribution in [2.75, 3.05) is 6.79 Å². The van der Waals surface area contributed by atoms with Crippen LogP contribution in [0.25, 0.3) is 22.3 Å². The second-order valence-electron chi connectivity index (χ2n) is 7.98. The summed E-state index contributed by atoms with van der Waals surface area (Å²) in [4.78, 5) is 12.5. The minimum absolute atomic E-state index is 0.0501. The van der Waals surface area contributed by atoms with Gasteiger partial charge in [0, 0.05) is 40.4 Å². The van der Waals surface area contributed by atoms with Crippen LogP contribution in [0.2, 0.25) is 0 Å². The minimum atomic E-state index is 0.0501. The molecule has 0 bridgehead atoms. The number of aliphatic imine (C=N–C) groups is 1. The normalized spacial score (nSPS) is 13.1. The zero-order valence-corrected chi connectivity index (χ0v) is 19.7. The number of nitrogens with zero attached hydrogens (tertiary/aromatic N) is 3. The first-order valence-corrected chi connectivity index (χ1v) is 11.4. The van der Waals surface area contributed by atoms with Gasteiger partial charge in [0.05, 0.1) is 22.5 Å². The third-order valence-electron chi connectivity index (χ3n) is 5.81. The van der Waals surface area contributed by atoms with Gasteiger partial charge in [0.2, 0.25) is 6.79 Å². The van der Waals surface area contributed by atoms with Crippen LogP contribution in [-0.2, 0) is 7.05 Å². The number of nitrogens with one attached hydrogen (secondary N) is 1. The van der Waals surface area contributed by atoms with Gasteiger partial charge in [0.1, 0.15) is 5.82 Å². The zero-order valence-electron chi connectivity index (χ0n) is 18.1. The predicted octanol–water partition coefficient (Wildman–Crippen LogP) is 5.93. The molecule has 0 amide bonds. The molecule has 0 aliphatic carbocycles. The van der Waals surface area contributed by atoms with Crippen molar-refractivity contribution in [3.05, 3.63) is 88.7 Å². The monoisotopic (exact) mass is 514 g/mol. The van der Waals surface area contributed by atoms with Crippen LogP contribution in [-0.4, -0.2) is 32.1 Å². The quantitative estimate of drug-likeness (QED) is 0.291. The summed E-state index contributed by atoms with van der Waals surface area (Å²) in [7, 11) is 1.96. The highest BCUT2D eigenvalue weighted by Crippen LogP contribution is 2.37. The standard InChI is InChI=1S/C26H19BrN4O3/c1-31-11-10-28-25(31)15-2-6-18(7-3-15)29-24(16-4-9-21-22(12-16)34-14-33-21)23-19-8-5-17(27)13-20(19)30-26(23)32/h2-13,30,32H,14H2,1H3. The van der Waals surface area contributed by atoms with E-state index in [1.807, 2.05) is 78.5 Å². The number of rotatable bonds is 4. The lowest BCUT2D eigenvalue weighted by Gasteiger charge is -2.09. The Bertz CT molecular complexity index is 1570. The highest BCUT2D eigenvalue weighted by molar-refractivity contribution is 9.10. The van der Waals surface area contributed by atoms with Gasteiger partial charge < -0.3 is 24.1 Å². The highest BCUT2D eigenvalue weighted by atomic mass is 79.9. The predicted molar refractivity (Wildman–Crippen MR) is 134 cm³/mol. The van der Waals surface area contributed by atoms with Crippen LogP contribution in [0.5, 0.6) is 17.4 Å². The summed E-state index contributed by atoms with van der Waals surface area (Å²) in [5.74, 6) is 2.27. The number of aromatic hydroxyl groups is 1. The molecule has 168 valence electrons. The van der Waals surface area contributed by atoms with Gasteiger partial charge in [-0.2, -0.15) is 0 Å². The molecule has 6 rings (SSSR count). The molecule has 8 heteroatoms. The van der Waals surface area contributed by atoms with Crippen LogP contribution in [0.4, 0.5) is 5.69 Å². The number of fused-ring (bicyclic) bond motifs is 2. The lowest BCUT2D eigenvalue weighted by atomic mass is 10.00. The number of aromatic amines is 1. The van der Waals surface area contributed by atoms with Gasteiger partial charge in [0.15, 0.2) is 17.4 Å². The van der Waals surface area contributed by atoms with Crippen LogP contribution in [0.1, 0.15) is 11.1 Å². The molecule has 0 unspecified atom stereocenters. The maximum atomic E-state index is 10.9. The molecule has 2 aromatic heterocycles. The van der Waals surface area contributed by atoms with Crippen molar-refractivity contribution in [1.29, 1.82) is 0 Å². The Morgan fingerprint density at radius 1 is 1.06 bits per heavy atom. The van der Waals surface area contributed by atoms with Gasteiger partial charge in [0.25, 0.3) is 0 Å². The highest BCUT2D eigenvalue weighted by Gasteiger charge is 2.22. The molecular formula is C26H19BrN4O3. The zero-order chi connectivity index (χ0) is 23.2. The van der Waals surface area contributed by atoms with E-state index >= 15 is 0 Å². The number of hydrogen-bond donors (Lipinski definition) is 2. The van der Waals surface area contributed by atoms with Gasteiger partial charge in [-0.25, -0.2) is 9.98 Å². The summed E-state index contributed by atoms with van der Waals surface area (Å²) < 4.78 is 14.0. The summed E-state index contributed by atoms with van der Waals surface area (Å²) in [6.45, 7) is 0.187. The fourth-order valence-electron chi connectivity index (χ4n) is 4.16. The summed E-state index contributed by atoms with van der Waals surface area (Å²) >= 11 is 3.49. The Hall–Kier alpha value is -4.04. The van der Waals surface area contributed by atoms with E-state index in [1.165, 1.54) is 0 Å². The minimum Gasteiger partial charge on any atom is -0.494 e. The lowest BCUT2D eigenvalue weighted by molar-refractivity contribution is 0.174. The summed E-state index contributed by atoms with van der Waals surface area (Å²) in [6.07, 6.45) is 3.69. The van der Waals surface area contributed by atoms with Crippen molar-refractivity contribution in [1.82, 2.24) is 14.5 Å². The molecule has 0 atom stereocenters. The van der Waals surface area contributed by atoms with E-state index < -0.39 is 0 Å². The second kappa shape index (κ2) is 8.07. The molecule has 1 aliphatic rings. The van der Waals surface area contributed by atoms with Crippen LogP contribution in [0.15, 0.2) is 82.5 Å². The Labute approximate surface area is 203 Å². The van der Waals surface area contributed by atoms with E-state index in [2.05, 4.69) is 25.9 Å². The van der Waals surface area contributed by atoms with Gasteiger partial charge in [-0.05, 0) is 54.6 Å². The molecule has 34 heavy (non-hydrogen) atoms. The van der Waals surface area contributed by atoms with Crippen LogP contribution in [0.3, 0.4) is 0 Å². The molecule has 7 nitrogen and oxygen atoms in total. The Balaban J connectivity index is 1.51. The van der Waals surface area contributed by atoms with E-state index in [0.717, 1.165) is 38.0 Å². The lowest BCUT2D eigenvalue weighted by Crippen LogP contribution is -2.03. The maximum Gasteiger partial charge on any atom is 0.231 e.